The number of methoxy groups -OCH3 is 1. The van der Waals surface area contributed by atoms with Crippen LogP contribution >= 0.6 is 11.3 Å². The van der Waals surface area contributed by atoms with Gasteiger partial charge in [-0.1, -0.05) is 35.6 Å². The van der Waals surface area contributed by atoms with Crippen molar-refractivity contribution >= 4 is 22.4 Å². The fourth-order valence-corrected chi connectivity index (χ4v) is 3.89. The zero-order valence-electron chi connectivity index (χ0n) is 14.0. The van der Waals surface area contributed by atoms with E-state index in [1.165, 1.54) is 22.5 Å². The lowest BCUT2D eigenvalue weighted by atomic mass is 9.99. The van der Waals surface area contributed by atoms with Crippen LogP contribution in [-0.4, -0.2) is 41.2 Å². The number of nitrogens with zero attached hydrogens (tertiary/aromatic N) is 3. The zero-order chi connectivity index (χ0) is 16.9. The van der Waals surface area contributed by atoms with E-state index < -0.39 is 0 Å². The van der Waals surface area contributed by atoms with Crippen LogP contribution in [0.1, 0.15) is 35.0 Å². The highest BCUT2D eigenvalue weighted by Crippen LogP contribution is 2.33. The maximum absolute atomic E-state index is 12.4. The van der Waals surface area contributed by atoms with Gasteiger partial charge in [-0.25, -0.2) is 0 Å². The Morgan fingerprint density at radius 1 is 1.42 bits per heavy atom. The lowest BCUT2D eigenvalue weighted by Gasteiger charge is -2.25. The van der Waals surface area contributed by atoms with Crippen LogP contribution in [0.2, 0.25) is 0 Å². The summed E-state index contributed by atoms with van der Waals surface area (Å²) in [6.45, 7) is 3.86. The maximum atomic E-state index is 12.4. The van der Waals surface area contributed by atoms with Crippen molar-refractivity contribution in [3.8, 4) is 0 Å². The summed E-state index contributed by atoms with van der Waals surface area (Å²) >= 11 is 1.35. The van der Waals surface area contributed by atoms with E-state index in [1.54, 1.807) is 7.11 Å². The van der Waals surface area contributed by atoms with Gasteiger partial charge >= 0.3 is 0 Å². The van der Waals surface area contributed by atoms with E-state index in [-0.39, 0.29) is 5.91 Å². The first-order chi connectivity index (χ1) is 11.7. The minimum absolute atomic E-state index is 0.0457. The van der Waals surface area contributed by atoms with Crippen LogP contribution < -0.4 is 5.32 Å². The highest BCUT2D eigenvalue weighted by Gasteiger charge is 2.28. The largest absolute Gasteiger partial charge is 0.377 e. The molecule has 0 radical (unpaired) electrons. The van der Waals surface area contributed by atoms with Crippen LogP contribution in [-0.2, 0) is 16.1 Å². The first kappa shape index (κ1) is 17.0. The molecule has 128 valence electrons. The van der Waals surface area contributed by atoms with Gasteiger partial charge in [-0.3, -0.25) is 15.0 Å². The average molecular weight is 346 g/mol. The Bertz CT molecular complexity index is 703. The van der Waals surface area contributed by atoms with Crippen LogP contribution in [0.3, 0.4) is 0 Å². The fraction of sp³-hybridized carbons (Fsp3) is 0.471. The normalized spacial score (nSPS) is 18.0. The SMILES string of the molecule is COCc1nnc(NC(=O)CN2CCC[C@H]2c2ccccc2C)s1. The van der Waals surface area contributed by atoms with Gasteiger partial charge in [0.05, 0.1) is 6.54 Å². The summed E-state index contributed by atoms with van der Waals surface area (Å²) in [6.07, 6.45) is 2.21. The molecule has 1 amide bonds. The number of carbonyl (C=O) groups is 1. The summed E-state index contributed by atoms with van der Waals surface area (Å²) < 4.78 is 5.02. The number of hydrogen-bond acceptors (Lipinski definition) is 6. The molecule has 3 rings (SSSR count). The van der Waals surface area contributed by atoms with Gasteiger partial charge < -0.3 is 4.74 Å². The number of rotatable bonds is 6. The molecule has 1 N–H and O–H groups in total. The third-order valence-electron chi connectivity index (χ3n) is 4.24. The van der Waals surface area contributed by atoms with Gasteiger partial charge in [-0.05, 0) is 37.4 Å². The van der Waals surface area contributed by atoms with Crippen molar-refractivity contribution in [3.63, 3.8) is 0 Å². The van der Waals surface area contributed by atoms with Crippen molar-refractivity contribution in [3.05, 3.63) is 40.4 Å². The number of benzene rings is 1. The molecule has 0 saturated carbocycles. The summed E-state index contributed by atoms with van der Waals surface area (Å²) in [5.74, 6) is -0.0457. The highest BCUT2D eigenvalue weighted by atomic mass is 32.1. The molecule has 2 heterocycles. The predicted octanol–water partition coefficient (Wildman–Crippen LogP) is 2.77. The van der Waals surface area contributed by atoms with Crippen molar-refractivity contribution in [2.75, 3.05) is 25.5 Å². The van der Waals surface area contributed by atoms with E-state index in [9.17, 15) is 4.79 Å². The standard InChI is InChI=1S/C17H22N4O2S/c1-12-6-3-4-7-13(12)14-8-5-9-21(14)10-15(22)18-17-20-19-16(24-17)11-23-2/h3-4,6-7,14H,5,8-11H2,1-2H3,(H,18,20,22)/t14-/m0/s1. The first-order valence-corrected chi connectivity index (χ1v) is 8.90. The third kappa shape index (κ3) is 3.98. The molecule has 1 aliphatic heterocycles. The molecule has 2 aromatic rings. The number of ether oxygens (including phenoxy) is 1. The lowest BCUT2D eigenvalue weighted by molar-refractivity contribution is -0.117. The predicted molar refractivity (Wildman–Crippen MR) is 94.0 cm³/mol. The van der Waals surface area contributed by atoms with Gasteiger partial charge in [0.25, 0.3) is 0 Å². The molecular weight excluding hydrogens is 324 g/mol. The molecule has 1 aliphatic rings. The number of carbonyl (C=O) groups excluding carboxylic acids is 1. The second kappa shape index (κ2) is 7.83. The van der Waals surface area contributed by atoms with Gasteiger partial charge in [0.15, 0.2) is 0 Å². The Morgan fingerprint density at radius 3 is 3.04 bits per heavy atom. The van der Waals surface area contributed by atoms with E-state index in [0.717, 1.165) is 24.4 Å². The molecule has 0 unspecified atom stereocenters. The molecule has 1 aromatic carbocycles. The first-order valence-electron chi connectivity index (χ1n) is 8.08. The minimum atomic E-state index is -0.0457. The van der Waals surface area contributed by atoms with Gasteiger partial charge in [0.1, 0.15) is 11.6 Å². The average Bonchev–Trinajstić information content (AvgIpc) is 3.18. The third-order valence-corrected chi connectivity index (χ3v) is 5.05. The second-order valence-corrected chi connectivity index (χ2v) is 7.03. The van der Waals surface area contributed by atoms with E-state index in [4.69, 9.17) is 4.74 Å². The smallest absolute Gasteiger partial charge is 0.240 e. The molecule has 1 atom stereocenters. The fourth-order valence-electron chi connectivity index (χ4n) is 3.16. The zero-order valence-corrected chi connectivity index (χ0v) is 14.8. The number of aromatic nitrogens is 2. The molecule has 0 bridgehead atoms. The van der Waals surface area contributed by atoms with E-state index in [1.807, 2.05) is 0 Å². The summed E-state index contributed by atoms with van der Waals surface area (Å²) in [6, 6.07) is 8.73. The molecule has 7 heteroatoms. The summed E-state index contributed by atoms with van der Waals surface area (Å²) in [7, 11) is 1.61. The van der Waals surface area contributed by atoms with Crippen LogP contribution in [0, 0.1) is 6.92 Å². The maximum Gasteiger partial charge on any atom is 0.240 e. The molecular formula is C17H22N4O2S. The monoisotopic (exact) mass is 346 g/mol. The highest BCUT2D eigenvalue weighted by molar-refractivity contribution is 7.15. The lowest BCUT2D eigenvalue weighted by Crippen LogP contribution is -2.33. The van der Waals surface area contributed by atoms with Crippen LogP contribution in [0.15, 0.2) is 24.3 Å². The minimum Gasteiger partial charge on any atom is -0.377 e. The van der Waals surface area contributed by atoms with Crippen LogP contribution in [0.4, 0.5) is 5.13 Å². The van der Waals surface area contributed by atoms with Crippen molar-refractivity contribution in [2.24, 2.45) is 0 Å². The van der Waals surface area contributed by atoms with Crippen molar-refractivity contribution in [1.82, 2.24) is 15.1 Å². The molecule has 0 spiro atoms. The van der Waals surface area contributed by atoms with Gasteiger partial charge in [-0.15, -0.1) is 10.2 Å². The number of hydrogen-bond donors (Lipinski definition) is 1. The topological polar surface area (TPSA) is 67.4 Å². The number of amides is 1. The number of likely N-dealkylation sites (tertiary alicyclic amines) is 1. The number of anilines is 1. The molecule has 1 aromatic heterocycles. The van der Waals surface area contributed by atoms with E-state index in [0.29, 0.717) is 24.3 Å². The van der Waals surface area contributed by atoms with E-state index >= 15 is 0 Å². The Balaban J connectivity index is 1.61. The Hall–Kier alpha value is -1.83. The number of aryl methyl sites for hydroxylation is 1. The molecule has 1 saturated heterocycles. The van der Waals surface area contributed by atoms with Crippen molar-refractivity contribution in [2.45, 2.75) is 32.4 Å². The summed E-state index contributed by atoms with van der Waals surface area (Å²) in [5, 5.41) is 12.1. The van der Waals surface area contributed by atoms with Crippen LogP contribution in [0.25, 0.3) is 0 Å². The van der Waals surface area contributed by atoms with Gasteiger partial charge in [-0.2, -0.15) is 0 Å². The molecule has 0 aliphatic carbocycles. The Labute approximate surface area is 145 Å². The van der Waals surface area contributed by atoms with Gasteiger partial charge in [0, 0.05) is 13.2 Å². The van der Waals surface area contributed by atoms with Crippen molar-refractivity contribution < 1.29 is 9.53 Å². The number of nitrogens with one attached hydrogen (secondary N) is 1. The van der Waals surface area contributed by atoms with E-state index in [2.05, 4.69) is 51.6 Å². The molecule has 1 fully saturated rings. The Morgan fingerprint density at radius 2 is 2.25 bits per heavy atom. The van der Waals surface area contributed by atoms with Gasteiger partial charge in [0.2, 0.25) is 11.0 Å². The van der Waals surface area contributed by atoms with Crippen molar-refractivity contribution in [1.29, 1.82) is 0 Å². The quantitative estimate of drug-likeness (QED) is 0.871. The summed E-state index contributed by atoms with van der Waals surface area (Å²) in [5.41, 5.74) is 2.60. The molecule has 24 heavy (non-hydrogen) atoms. The van der Waals surface area contributed by atoms with Crippen LogP contribution in [0.5, 0.6) is 0 Å². The summed E-state index contributed by atoms with van der Waals surface area (Å²) in [4.78, 5) is 14.6. The molecule has 6 nitrogen and oxygen atoms in total. The second-order valence-electron chi connectivity index (χ2n) is 5.97. The Kier molecular flexibility index (Phi) is 5.55.